The number of hydrogen-bond donors (Lipinski definition) is 0. The fourth-order valence-electron chi connectivity index (χ4n) is 3.97. The third kappa shape index (κ3) is 4.38. The standard InChI is InChI=1S/C22H23ClN2O6S/c1-30-17-8-6-16(7-9-17)25-21(26)13-20(22(25)27)24(14-18-3-2-12-31-18)32(28,29)19-10-4-15(23)5-11-19/h4-11,18,20H,2-3,12-14H2,1H3. The van der Waals surface area contributed by atoms with Crippen LogP contribution in [0.2, 0.25) is 5.02 Å². The number of sulfonamides is 1. The molecule has 0 saturated carbocycles. The first-order chi connectivity index (χ1) is 15.3. The van der Waals surface area contributed by atoms with Crippen LogP contribution >= 0.6 is 11.6 Å². The molecule has 2 aliphatic rings. The van der Waals surface area contributed by atoms with Crippen LogP contribution in [0.15, 0.2) is 53.4 Å². The Morgan fingerprint density at radius 3 is 2.41 bits per heavy atom. The molecule has 8 nitrogen and oxygen atoms in total. The predicted molar refractivity (Wildman–Crippen MR) is 118 cm³/mol. The number of carbonyl (C=O) groups excluding carboxylic acids is 2. The molecule has 0 bridgehead atoms. The molecule has 0 aliphatic carbocycles. The van der Waals surface area contributed by atoms with Gasteiger partial charge in [-0.1, -0.05) is 11.6 Å². The van der Waals surface area contributed by atoms with Gasteiger partial charge in [0.15, 0.2) is 0 Å². The van der Waals surface area contributed by atoms with Gasteiger partial charge in [-0.05, 0) is 61.4 Å². The van der Waals surface area contributed by atoms with E-state index in [0.29, 0.717) is 29.5 Å². The van der Waals surface area contributed by atoms with Crippen molar-refractivity contribution >= 4 is 39.1 Å². The lowest BCUT2D eigenvalue weighted by molar-refractivity contribution is -0.122. The van der Waals surface area contributed by atoms with E-state index in [2.05, 4.69) is 0 Å². The highest BCUT2D eigenvalue weighted by Crippen LogP contribution is 2.31. The van der Waals surface area contributed by atoms with Gasteiger partial charge >= 0.3 is 0 Å². The summed E-state index contributed by atoms with van der Waals surface area (Å²) < 4.78 is 38.9. The van der Waals surface area contributed by atoms with E-state index in [4.69, 9.17) is 21.1 Å². The fourth-order valence-corrected chi connectivity index (χ4v) is 5.71. The van der Waals surface area contributed by atoms with Gasteiger partial charge in [0.2, 0.25) is 15.9 Å². The first-order valence-electron chi connectivity index (χ1n) is 10.2. The number of halogens is 1. The lowest BCUT2D eigenvalue weighted by atomic mass is 10.2. The van der Waals surface area contributed by atoms with Crippen LogP contribution in [-0.4, -0.2) is 56.9 Å². The van der Waals surface area contributed by atoms with Gasteiger partial charge in [0.1, 0.15) is 11.8 Å². The van der Waals surface area contributed by atoms with Gasteiger partial charge < -0.3 is 9.47 Å². The second-order valence-corrected chi connectivity index (χ2v) is 9.98. The van der Waals surface area contributed by atoms with E-state index in [9.17, 15) is 18.0 Å². The van der Waals surface area contributed by atoms with Gasteiger partial charge in [0.05, 0.1) is 30.2 Å². The van der Waals surface area contributed by atoms with Crippen molar-refractivity contribution in [2.45, 2.75) is 36.3 Å². The van der Waals surface area contributed by atoms with E-state index in [0.717, 1.165) is 15.6 Å². The van der Waals surface area contributed by atoms with E-state index < -0.39 is 27.9 Å². The first-order valence-corrected chi connectivity index (χ1v) is 12.0. The number of hydrogen-bond acceptors (Lipinski definition) is 6. The number of methoxy groups -OCH3 is 1. The van der Waals surface area contributed by atoms with Crippen LogP contribution in [0, 0.1) is 0 Å². The van der Waals surface area contributed by atoms with Crippen LogP contribution in [0.25, 0.3) is 0 Å². The van der Waals surface area contributed by atoms with Crippen LogP contribution in [0.3, 0.4) is 0 Å². The molecule has 2 aromatic rings. The summed E-state index contributed by atoms with van der Waals surface area (Å²) in [4.78, 5) is 27.2. The molecule has 170 valence electrons. The Bertz CT molecular complexity index is 1100. The van der Waals surface area contributed by atoms with Crippen LogP contribution in [0.5, 0.6) is 5.75 Å². The molecule has 2 amide bonds. The van der Waals surface area contributed by atoms with Crippen LogP contribution in [0.1, 0.15) is 19.3 Å². The van der Waals surface area contributed by atoms with Crippen LogP contribution in [-0.2, 0) is 24.3 Å². The molecular formula is C22H23ClN2O6S. The number of imide groups is 1. The normalized spacial score (nSPS) is 21.5. The molecule has 0 aromatic heterocycles. The Morgan fingerprint density at radius 1 is 1.12 bits per heavy atom. The summed E-state index contributed by atoms with van der Waals surface area (Å²) in [6.45, 7) is 0.528. The summed E-state index contributed by atoms with van der Waals surface area (Å²) in [7, 11) is -2.57. The number of amides is 2. The molecule has 2 atom stereocenters. The molecular weight excluding hydrogens is 456 g/mol. The molecule has 2 aromatic carbocycles. The summed E-state index contributed by atoms with van der Waals surface area (Å²) >= 11 is 5.91. The second-order valence-electron chi connectivity index (χ2n) is 7.65. The fraction of sp³-hybridized carbons (Fsp3) is 0.364. The number of anilines is 1. The van der Waals surface area contributed by atoms with Crippen molar-refractivity contribution in [3.63, 3.8) is 0 Å². The molecule has 2 unspecified atom stereocenters. The molecule has 2 aliphatic heterocycles. The molecule has 0 spiro atoms. The minimum atomic E-state index is -4.09. The zero-order valence-corrected chi connectivity index (χ0v) is 19.0. The topological polar surface area (TPSA) is 93.2 Å². The Labute approximate surface area is 191 Å². The minimum Gasteiger partial charge on any atom is -0.497 e. The Morgan fingerprint density at radius 2 is 1.81 bits per heavy atom. The molecule has 32 heavy (non-hydrogen) atoms. The highest BCUT2D eigenvalue weighted by molar-refractivity contribution is 7.89. The average molecular weight is 479 g/mol. The number of rotatable bonds is 7. The number of benzene rings is 2. The Kier molecular flexibility index (Phi) is 6.52. The maximum Gasteiger partial charge on any atom is 0.252 e. The summed E-state index contributed by atoms with van der Waals surface area (Å²) in [5.74, 6) is -0.473. The second kappa shape index (κ2) is 9.19. The molecule has 2 heterocycles. The highest BCUT2D eigenvalue weighted by Gasteiger charge is 2.47. The van der Waals surface area contributed by atoms with Crippen molar-refractivity contribution < 1.29 is 27.5 Å². The minimum absolute atomic E-state index is 0.00282. The van der Waals surface area contributed by atoms with Crippen molar-refractivity contribution in [3.8, 4) is 5.75 Å². The van der Waals surface area contributed by atoms with Crippen LogP contribution in [0.4, 0.5) is 5.69 Å². The lowest BCUT2D eigenvalue weighted by Crippen LogP contribution is -2.48. The third-order valence-electron chi connectivity index (χ3n) is 5.63. The zero-order valence-electron chi connectivity index (χ0n) is 17.4. The first kappa shape index (κ1) is 22.7. The Balaban J connectivity index is 1.68. The average Bonchev–Trinajstić information content (AvgIpc) is 3.40. The molecule has 10 heteroatoms. The monoisotopic (exact) mass is 478 g/mol. The predicted octanol–water partition coefficient (Wildman–Crippen LogP) is 2.85. The maximum atomic E-state index is 13.5. The van der Waals surface area contributed by atoms with Crippen LogP contribution < -0.4 is 9.64 Å². The lowest BCUT2D eigenvalue weighted by Gasteiger charge is -2.29. The van der Waals surface area contributed by atoms with Crippen molar-refractivity contribution in [1.82, 2.24) is 4.31 Å². The molecule has 4 rings (SSSR count). The Hall–Kier alpha value is -2.46. The summed E-state index contributed by atoms with van der Waals surface area (Å²) in [5, 5.41) is 0.396. The van der Waals surface area contributed by atoms with Crippen molar-refractivity contribution in [1.29, 1.82) is 0 Å². The number of ether oxygens (including phenoxy) is 2. The van der Waals surface area contributed by atoms with E-state index in [-0.39, 0.29) is 24.0 Å². The van der Waals surface area contributed by atoms with E-state index in [1.165, 1.54) is 31.4 Å². The number of carbonyl (C=O) groups is 2. The van der Waals surface area contributed by atoms with Gasteiger partial charge in [-0.3, -0.25) is 9.59 Å². The molecule has 0 N–H and O–H groups in total. The van der Waals surface area contributed by atoms with Gasteiger partial charge in [-0.25, -0.2) is 13.3 Å². The third-order valence-corrected chi connectivity index (χ3v) is 7.77. The maximum absolute atomic E-state index is 13.5. The quantitative estimate of drug-likeness (QED) is 0.568. The van der Waals surface area contributed by atoms with Crippen molar-refractivity contribution in [2.75, 3.05) is 25.2 Å². The van der Waals surface area contributed by atoms with E-state index >= 15 is 0 Å². The smallest absolute Gasteiger partial charge is 0.252 e. The largest absolute Gasteiger partial charge is 0.497 e. The summed E-state index contributed by atoms with van der Waals surface area (Å²) in [5.41, 5.74) is 0.365. The van der Waals surface area contributed by atoms with Gasteiger partial charge in [-0.15, -0.1) is 0 Å². The van der Waals surface area contributed by atoms with Crippen molar-refractivity contribution in [3.05, 3.63) is 53.6 Å². The number of nitrogens with zero attached hydrogens (tertiary/aromatic N) is 2. The zero-order chi connectivity index (χ0) is 22.9. The molecule has 2 saturated heterocycles. The van der Waals surface area contributed by atoms with E-state index in [1.54, 1.807) is 24.3 Å². The summed E-state index contributed by atoms with van der Waals surface area (Å²) in [6, 6.07) is 11.0. The highest BCUT2D eigenvalue weighted by atomic mass is 35.5. The molecule has 2 fully saturated rings. The SMILES string of the molecule is COc1ccc(N2C(=O)CC(N(CC3CCCO3)S(=O)(=O)c3ccc(Cl)cc3)C2=O)cc1. The summed E-state index contributed by atoms with van der Waals surface area (Å²) in [6.07, 6.45) is 0.915. The van der Waals surface area contributed by atoms with Gasteiger partial charge in [-0.2, -0.15) is 4.31 Å². The van der Waals surface area contributed by atoms with Crippen molar-refractivity contribution in [2.24, 2.45) is 0 Å². The van der Waals surface area contributed by atoms with Gasteiger partial charge in [0.25, 0.3) is 5.91 Å². The van der Waals surface area contributed by atoms with E-state index in [1.807, 2.05) is 0 Å². The molecule has 0 radical (unpaired) electrons. The van der Waals surface area contributed by atoms with Gasteiger partial charge in [0, 0.05) is 18.2 Å².